The minimum absolute atomic E-state index is 0.441. The number of nitriles is 1. The van der Waals surface area contributed by atoms with Gasteiger partial charge in [0, 0.05) is 23.0 Å². The molecule has 1 aromatic carbocycles. The highest BCUT2D eigenvalue weighted by molar-refractivity contribution is 5.47. The van der Waals surface area contributed by atoms with Crippen molar-refractivity contribution >= 4 is 5.69 Å². The van der Waals surface area contributed by atoms with E-state index in [9.17, 15) is 0 Å². The lowest BCUT2D eigenvalue weighted by Gasteiger charge is -2.13. The summed E-state index contributed by atoms with van der Waals surface area (Å²) in [6, 6.07) is 10.0. The molecule has 0 unspecified atom stereocenters. The number of anilines is 1. The molecular weight excluding hydrogens is 262 g/mol. The van der Waals surface area contributed by atoms with Gasteiger partial charge in [0.15, 0.2) is 0 Å². The number of ether oxygens (including phenoxy) is 1. The van der Waals surface area contributed by atoms with Gasteiger partial charge in [-0.05, 0) is 31.5 Å². The topological polar surface area (TPSA) is 57.9 Å². The molecule has 1 N–H and O–H groups in total. The number of aryl methyl sites for hydroxylation is 1. The Morgan fingerprint density at radius 1 is 1.24 bits per heavy atom. The Kier molecular flexibility index (Phi) is 4.78. The molecule has 0 aliphatic carbocycles. The van der Waals surface area contributed by atoms with Gasteiger partial charge in [-0.1, -0.05) is 12.1 Å². The maximum absolute atomic E-state index is 8.66. The Morgan fingerprint density at radius 2 is 1.95 bits per heavy atom. The Balaban J connectivity index is 2.08. The van der Waals surface area contributed by atoms with Gasteiger partial charge in [-0.25, -0.2) is 0 Å². The molecular formula is C17H19N3O. The predicted octanol–water partition coefficient (Wildman–Crippen LogP) is 3.39. The molecule has 0 saturated heterocycles. The van der Waals surface area contributed by atoms with Crippen LogP contribution in [0.25, 0.3) is 0 Å². The van der Waals surface area contributed by atoms with E-state index in [1.807, 2.05) is 44.3 Å². The first-order valence-electron chi connectivity index (χ1n) is 6.84. The molecule has 0 aliphatic rings. The van der Waals surface area contributed by atoms with Gasteiger partial charge in [0.25, 0.3) is 0 Å². The van der Waals surface area contributed by atoms with Crippen molar-refractivity contribution in [3.05, 3.63) is 52.8 Å². The number of rotatable bonds is 5. The van der Waals surface area contributed by atoms with Gasteiger partial charge in [-0.3, -0.25) is 4.98 Å². The van der Waals surface area contributed by atoms with Gasteiger partial charge in [-0.2, -0.15) is 5.26 Å². The van der Waals surface area contributed by atoms with E-state index in [1.54, 1.807) is 7.11 Å². The fraction of sp³-hybridized carbons (Fsp3) is 0.294. The summed E-state index contributed by atoms with van der Waals surface area (Å²) < 4.78 is 5.41. The first kappa shape index (κ1) is 14.9. The number of methoxy groups -OCH3 is 1. The van der Waals surface area contributed by atoms with Crippen molar-refractivity contribution in [2.75, 3.05) is 12.4 Å². The Hall–Kier alpha value is -2.54. The molecule has 0 spiro atoms. The van der Waals surface area contributed by atoms with Gasteiger partial charge in [0.1, 0.15) is 5.75 Å². The lowest BCUT2D eigenvalue weighted by Crippen LogP contribution is -2.06. The minimum Gasteiger partial charge on any atom is -0.496 e. The van der Waals surface area contributed by atoms with Gasteiger partial charge < -0.3 is 10.1 Å². The van der Waals surface area contributed by atoms with Crippen LogP contribution in [0, 0.1) is 25.2 Å². The molecule has 1 heterocycles. The molecule has 1 aromatic heterocycles. The maximum Gasteiger partial charge on any atom is 0.128 e. The van der Waals surface area contributed by atoms with Crippen LogP contribution in [-0.2, 0) is 13.0 Å². The molecule has 0 saturated carbocycles. The first-order chi connectivity index (χ1) is 10.2. The fourth-order valence-corrected chi connectivity index (χ4v) is 2.27. The molecule has 0 radical (unpaired) electrons. The van der Waals surface area contributed by atoms with E-state index in [0.717, 1.165) is 33.8 Å². The van der Waals surface area contributed by atoms with E-state index in [-0.39, 0.29) is 0 Å². The van der Waals surface area contributed by atoms with E-state index in [0.29, 0.717) is 13.0 Å². The average molecular weight is 281 g/mol. The van der Waals surface area contributed by atoms with E-state index in [2.05, 4.69) is 16.4 Å². The van der Waals surface area contributed by atoms with Crippen LogP contribution in [0.5, 0.6) is 5.75 Å². The first-order valence-corrected chi connectivity index (χ1v) is 6.84. The quantitative estimate of drug-likeness (QED) is 0.912. The second-order valence-corrected chi connectivity index (χ2v) is 4.93. The van der Waals surface area contributed by atoms with Crippen LogP contribution in [0.1, 0.15) is 22.4 Å². The molecule has 0 bridgehead atoms. The van der Waals surface area contributed by atoms with Gasteiger partial charge in [-0.15, -0.1) is 0 Å². The van der Waals surface area contributed by atoms with Crippen molar-refractivity contribution in [2.24, 2.45) is 0 Å². The number of aromatic nitrogens is 1. The van der Waals surface area contributed by atoms with Gasteiger partial charge >= 0.3 is 0 Å². The van der Waals surface area contributed by atoms with Crippen LogP contribution in [0.3, 0.4) is 0 Å². The molecule has 21 heavy (non-hydrogen) atoms. The summed E-state index contributed by atoms with van der Waals surface area (Å²) >= 11 is 0. The van der Waals surface area contributed by atoms with Crippen LogP contribution >= 0.6 is 0 Å². The van der Waals surface area contributed by atoms with Crippen molar-refractivity contribution in [2.45, 2.75) is 26.8 Å². The summed E-state index contributed by atoms with van der Waals surface area (Å²) in [5.74, 6) is 0.895. The molecule has 2 rings (SSSR count). The van der Waals surface area contributed by atoms with Crippen molar-refractivity contribution in [3.63, 3.8) is 0 Å². The molecule has 0 atom stereocenters. The summed E-state index contributed by atoms with van der Waals surface area (Å²) in [7, 11) is 1.68. The Morgan fingerprint density at radius 3 is 2.57 bits per heavy atom. The lowest BCUT2D eigenvalue weighted by molar-refractivity contribution is 0.407. The molecule has 4 heteroatoms. The Labute approximate surface area is 125 Å². The van der Waals surface area contributed by atoms with E-state index < -0.39 is 0 Å². The van der Waals surface area contributed by atoms with Crippen LogP contribution in [-0.4, -0.2) is 12.1 Å². The standard InChI is InChI=1S/C17H19N3O/c1-12-10-20-16(13(2)17(12)21-3)11-19-15-6-4-14(5-7-15)8-9-18/h4-7,10,19H,8,11H2,1-3H3. The van der Waals surface area contributed by atoms with Crippen molar-refractivity contribution in [3.8, 4) is 11.8 Å². The summed E-state index contributed by atoms with van der Waals surface area (Å²) in [6.45, 7) is 4.65. The third-order valence-electron chi connectivity index (χ3n) is 3.45. The number of hydrogen-bond acceptors (Lipinski definition) is 4. The van der Waals surface area contributed by atoms with Crippen molar-refractivity contribution in [1.82, 2.24) is 4.98 Å². The minimum atomic E-state index is 0.441. The third-order valence-corrected chi connectivity index (χ3v) is 3.45. The molecule has 0 fully saturated rings. The van der Waals surface area contributed by atoms with Crippen molar-refractivity contribution < 1.29 is 4.74 Å². The van der Waals surface area contributed by atoms with Crippen LogP contribution in [0.15, 0.2) is 30.5 Å². The van der Waals surface area contributed by atoms with E-state index in [1.165, 1.54) is 0 Å². The number of pyridine rings is 1. The maximum atomic E-state index is 8.66. The zero-order chi connectivity index (χ0) is 15.2. The van der Waals surface area contributed by atoms with Crippen LogP contribution in [0.4, 0.5) is 5.69 Å². The highest BCUT2D eigenvalue weighted by Crippen LogP contribution is 2.24. The monoisotopic (exact) mass is 281 g/mol. The van der Waals surface area contributed by atoms with E-state index in [4.69, 9.17) is 10.00 Å². The summed E-state index contributed by atoms with van der Waals surface area (Å²) in [6.07, 6.45) is 2.27. The molecule has 108 valence electrons. The zero-order valence-electron chi connectivity index (χ0n) is 12.6. The normalized spacial score (nSPS) is 10.0. The summed E-state index contributed by atoms with van der Waals surface area (Å²) in [5, 5.41) is 12.0. The number of benzene rings is 1. The third kappa shape index (κ3) is 3.51. The molecule has 0 aliphatic heterocycles. The number of nitrogens with zero attached hydrogens (tertiary/aromatic N) is 2. The predicted molar refractivity (Wildman–Crippen MR) is 83.3 cm³/mol. The van der Waals surface area contributed by atoms with Gasteiger partial charge in [0.2, 0.25) is 0 Å². The Bertz CT molecular complexity index is 657. The summed E-state index contributed by atoms with van der Waals surface area (Å²) in [5.41, 5.74) is 5.11. The number of nitrogens with one attached hydrogen (secondary N) is 1. The van der Waals surface area contributed by atoms with E-state index >= 15 is 0 Å². The van der Waals surface area contributed by atoms with Crippen LogP contribution in [0.2, 0.25) is 0 Å². The zero-order valence-corrected chi connectivity index (χ0v) is 12.6. The highest BCUT2D eigenvalue weighted by atomic mass is 16.5. The number of hydrogen-bond donors (Lipinski definition) is 1. The van der Waals surface area contributed by atoms with Crippen molar-refractivity contribution in [1.29, 1.82) is 5.26 Å². The smallest absolute Gasteiger partial charge is 0.128 e. The molecule has 4 nitrogen and oxygen atoms in total. The SMILES string of the molecule is COc1c(C)cnc(CNc2ccc(CC#N)cc2)c1C. The largest absolute Gasteiger partial charge is 0.496 e. The molecule has 0 amide bonds. The second-order valence-electron chi connectivity index (χ2n) is 4.93. The molecule has 2 aromatic rings. The average Bonchev–Trinajstić information content (AvgIpc) is 2.49. The fourth-order valence-electron chi connectivity index (χ4n) is 2.27. The summed E-state index contributed by atoms with van der Waals surface area (Å²) in [4.78, 5) is 4.46. The lowest BCUT2D eigenvalue weighted by atomic mass is 10.1. The highest BCUT2D eigenvalue weighted by Gasteiger charge is 2.09. The van der Waals surface area contributed by atoms with Gasteiger partial charge in [0.05, 0.1) is 31.8 Å². The van der Waals surface area contributed by atoms with Crippen LogP contribution < -0.4 is 10.1 Å². The second kappa shape index (κ2) is 6.76.